The Morgan fingerprint density at radius 2 is 2.07 bits per heavy atom. The molecule has 0 fully saturated rings. The number of halogens is 3. The molecule has 0 aliphatic carbocycles. The summed E-state index contributed by atoms with van der Waals surface area (Å²) in [6, 6.07) is 7.11. The fourth-order valence-corrected chi connectivity index (χ4v) is 0.949. The van der Waals surface area contributed by atoms with E-state index < -0.39 is 6.36 Å². The SMILES string of the molecule is N#CC=Cc1cccc(OC(F)(F)F)c1. The number of hydrogen-bond donors (Lipinski definition) is 0. The minimum Gasteiger partial charge on any atom is -0.406 e. The average Bonchev–Trinajstić information content (AvgIpc) is 2.12. The highest BCUT2D eigenvalue weighted by Gasteiger charge is 2.30. The van der Waals surface area contributed by atoms with Crippen LogP contribution in [-0.4, -0.2) is 6.36 Å². The first-order chi connectivity index (χ1) is 7.01. The summed E-state index contributed by atoms with van der Waals surface area (Å²) >= 11 is 0. The minimum atomic E-state index is -4.70. The summed E-state index contributed by atoms with van der Waals surface area (Å²) < 4.78 is 39.2. The molecule has 0 bridgehead atoms. The van der Waals surface area contributed by atoms with Gasteiger partial charge in [-0.05, 0) is 23.8 Å². The number of nitrogens with zero attached hydrogens (tertiary/aromatic N) is 1. The lowest BCUT2D eigenvalue weighted by molar-refractivity contribution is -0.274. The van der Waals surface area contributed by atoms with Crippen molar-refractivity contribution in [2.24, 2.45) is 0 Å². The van der Waals surface area contributed by atoms with E-state index >= 15 is 0 Å². The summed E-state index contributed by atoms with van der Waals surface area (Å²) in [6.07, 6.45) is -2.13. The van der Waals surface area contributed by atoms with Crippen molar-refractivity contribution in [2.45, 2.75) is 6.36 Å². The van der Waals surface area contributed by atoms with Crippen molar-refractivity contribution in [3.8, 4) is 11.8 Å². The number of rotatable bonds is 2. The van der Waals surface area contributed by atoms with Crippen LogP contribution in [0.5, 0.6) is 5.75 Å². The highest BCUT2D eigenvalue weighted by molar-refractivity contribution is 5.53. The minimum absolute atomic E-state index is 0.303. The van der Waals surface area contributed by atoms with Crippen LogP contribution in [0.15, 0.2) is 30.3 Å². The molecule has 0 radical (unpaired) electrons. The predicted octanol–water partition coefficient (Wildman–Crippen LogP) is 3.12. The maximum absolute atomic E-state index is 11.8. The Morgan fingerprint density at radius 3 is 2.67 bits per heavy atom. The summed E-state index contributed by atoms with van der Waals surface area (Å²) in [6.45, 7) is 0. The van der Waals surface area contributed by atoms with Crippen LogP contribution in [0.1, 0.15) is 5.56 Å². The third-order valence-electron chi connectivity index (χ3n) is 1.44. The Kier molecular flexibility index (Phi) is 3.34. The van der Waals surface area contributed by atoms with E-state index in [9.17, 15) is 13.2 Å². The largest absolute Gasteiger partial charge is 0.573 e. The second kappa shape index (κ2) is 4.51. The van der Waals surface area contributed by atoms with Gasteiger partial charge in [0, 0.05) is 6.08 Å². The van der Waals surface area contributed by atoms with E-state index in [0.717, 1.165) is 0 Å². The molecule has 2 nitrogen and oxygen atoms in total. The molecule has 0 saturated carbocycles. The van der Waals surface area contributed by atoms with Gasteiger partial charge in [-0.2, -0.15) is 5.26 Å². The number of ether oxygens (including phenoxy) is 1. The van der Waals surface area contributed by atoms with Gasteiger partial charge >= 0.3 is 6.36 Å². The molecule has 0 aromatic heterocycles. The Bertz CT molecular complexity index is 404. The first kappa shape index (κ1) is 11.1. The number of nitriles is 1. The lowest BCUT2D eigenvalue weighted by Crippen LogP contribution is -2.17. The third-order valence-corrected chi connectivity index (χ3v) is 1.44. The van der Waals surface area contributed by atoms with Crippen molar-refractivity contribution in [3.05, 3.63) is 35.9 Å². The Morgan fingerprint density at radius 1 is 1.33 bits per heavy atom. The van der Waals surface area contributed by atoms with E-state index in [1.54, 1.807) is 12.1 Å². The van der Waals surface area contributed by atoms with Gasteiger partial charge < -0.3 is 4.74 Å². The fourth-order valence-electron chi connectivity index (χ4n) is 0.949. The van der Waals surface area contributed by atoms with E-state index in [-0.39, 0.29) is 5.75 Å². The third kappa shape index (κ3) is 4.18. The molecule has 0 saturated heterocycles. The predicted molar refractivity (Wildman–Crippen MR) is 47.8 cm³/mol. The molecule has 0 aliphatic heterocycles. The van der Waals surface area contributed by atoms with Crippen LogP contribution in [0.2, 0.25) is 0 Å². The molecule has 1 aromatic rings. The molecule has 0 unspecified atom stereocenters. The molecule has 0 aliphatic rings. The van der Waals surface area contributed by atoms with Gasteiger partial charge in [0.25, 0.3) is 0 Å². The van der Waals surface area contributed by atoms with Gasteiger partial charge in [-0.1, -0.05) is 12.1 Å². The van der Waals surface area contributed by atoms with E-state index in [2.05, 4.69) is 4.74 Å². The van der Waals surface area contributed by atoms with Gasteiger partial charge in [0.05, 0.1) is 6.07 Å². The zero-order chi connectivity index (χ0) is 11.3. The van der Waals surface area contributed by atoms with Crippen LogP contribution in [0.25, 0.3) is 6.08 Å². The van der Waals surface area contributed by atoms with Crippen molar-refractivity contribution < 1.29 is 17.9 Å². The maximum atomic E-state index is 11.8. The van der Waals surface area contributed by atoms with Crippen molar-refractivity contribution in [1.82, 2.24) is 0 Å². The van der Waals surface area contributed by atoms with Gasteiger partial charge in [-0.15, -0.1) is 13.2 Å². The normalized spacial score (nSPS) is 11.3. The van der Waals surface area contributed by atoms with Crippen LogP contribution in [0.3, 0.4) is 0 Å². The standard InChI is InChI=1S/C10H6F3NO/c11-10(12,13)15-9-5-1-3-8(7-9)4-2-6-14/h1-5,7H. The molecule has 1 rings (SSSR count). The van der Waals surface area contributed by atoms with Gasteiger partial charge in [0.2, 0.25) is 0 Å². The number of allylic oxidation sites excluding steroid dienone is 1. The zero-order valence-corrected chi connectivity index (χ0v) is 7.45. The lowest BCUT2D eigenvalue weighted by atomic mass is 10.2. The van der Waals surface area contributed by atoms with Crippen molar-refractivity contribution in [1.29, 1.82) is 5.26 Å². The molecule has 1 aromatic carbocycles. The second-order valence-electron chi connectivity index (χ2n) is 2.58. The monoisotopic (exact) mass is 213 g/mol. The van der Waals surface area contributed by atoms with Gasteiger partial charge in [-0.25, -0.2) is 0 Å². The molecule has 0 atom stereocenters. The van der Waals surface area contributed by atoms with E-state index in [0.29, 0.717) is 5.56 Å². The van der Waals surface area contributed by atoms with Crippen molar-refractivity contribution in [2.75, 3.05) is 0 Å². The summed E-state index contributed by atoms with van der Waals surface area (Å²) in [5.74, 6) is -0.303. The van der Waals surface area contributed by atoms with Crippen LogP contribution < -0.4 is 4.74 Å². The topological polar surface area (TPSA) is 33.0 Å². The van der Waals surface area contributed by atoms with E-state index in [1.807, 2.05) is 0 Å². The van der Waals surface area contributed by atoms with E-state index in [4.69, 9.17) is 5.26 Å². The average molecular weight is 213 g/mol. The van der Waals surface area contributed by atoms with Crippen LogP contribution in [0.4, 0.5) is 13.2 Å². The first-order valence-corrected chi connectivity index (χ1v) is 3.93. The van der Waals surface area contributed by atoms with Gasteiger partial charge in [-0.3, -0.25) is 0 Å². The number of hydrogen-bond acceptors (Lipinski definition) is 2. The highest BCUT2D eigenvalue weighted by atomic mass is 19.4. The Balaban J connectivity index is 2.84. The number of benzene rings is 1. The summed E-state index contributed by atoms with van der Waals surface area (Å²) in [7, 11) is 0. The van der Waals surface area contributed by atoms with Crippen molar-refractivity contribution in [3.63, 3.8) is 0 Å². The quantitative estimate of drug-likeness (QED) is 0.707. The van der Waals surface area contributed by atoms with Crippen LogP contribution >= 0.6 is 0 Å². The maximum Gasteiger partial charge on any atom is 0.573 e. The van der Waals surface area contributed by atoms with E-state index in [1.165, 1.54) is 30.4 Å². The number of alkyl halides is 3. The Labute approximate surface area is 84.2 Å². The summed E-state index contributed by atoms with van der Waals surface area (Å²) in [5, 5.41) is 8.24. The summed E-state index contributed by atoms with van der Waals surface area (Å²) in [5.41, 5.74) is 0.471. The molecule has 0 heterocycles. The fraction of sp³-hybridized carbons (Fsp3) is 0.100. The molecule has 0 spiro atoms. The smallest absolute Gasteiger partial charge is 0.406 e. The molecule has 15 heavy (non-hydrogen) atoms. The van der Waals surface area contributed by atoms with Crippen molar-refractivity contribution >= 4 is 6.08 Å². The first-order valence-electron chi connectivity index (χ1n) is 3.93. The summed E-state index contributed by atoms with van der Waals surface area (Å²) in [4.78, 5) is 0. The molecule has 0 N–H and O–H groups in total. The molecule has 78 valence electrons. The van der Waals surface area contributed by atoms with Gasteiger partial charge in [0.1, 0.15) is 5.75 Å². The second-order valence-corrected chi connectivity index (χ2v) is 2.58. The van der Waals surface area contributed by atoms with Crippen LogP contribution in [-0.2, 0) is 0 Å². The molecule has 0 amide bonds. The Hall–Kier alpha value is -1.96. The molecular formula is C10H6F3NO. The van der Waals surface area contributed by atoms with Gasteiger partial charge in [0.15, 0.2) is 0 Å². The highest BCUT2D eigenvalue weighted by Crippen LogP contribution is 2.23. The van der Waals surface area contributed by atoms with Crippen LogP contribution in [0, 0.1) is 11.3 Å². The lowest BCUT2D eigenvalue weighted by Gasteiger charge is -2.08. The molecule has 5 heteroatoms. The zero-order valence-electron chi connectivity index (χ0n) is 7.45. The molecular weight excluding hydrogens is 207 g/mol.